The molecule has 0 atom stereocenters. The Bertz CT molecular complexity index is 6780. The minimum Gasteiger partial charge on any atom is -0.508 e. The van der Waals surface area contributed by atoms with E-state index in [2.05, 4.69) is 21.3 Å². The van der Waals surface area contributed by atoms with Gasteiger partial charge in [-0.15, -0.1) is 45.3 Å². The maximum Gasteiger partial charge on any atom is 0.417 e. The quantitative estimate of drug-likeness (QED) is 0.0103. The van der Waals surface area contributed by atoms with Gasteiger partial charge < -0.3 is 79.6 Å². The molecule has 12 aromatic carbocycles. The number of aryl methyl sites for hydroxylation is 1. The highest BCUT2D eigenvalue weighted by Crippen LogP contribution is 2.49. The van der Waals surface area contributed by atoms with Crippen LogP contribution in [0.5, 0.6) is 92.0 Å². The second-order valence-corrected chi connectivity index (χ2v) is 34.8. The van der Waals surface area contributed by atoms with E-state index in [1.807, 2.05) is 89.2 Å². The molecule has 0 aliphatic heterocycles. The fourth-order valence-corrected chi connectivity index (χ4v) is 18.3. The molecule has 0 aliphatic rings. The molecule has 0 saturated carbocycles. The summed E-state index contributed by atoms with van der Waals surface area (Å²) in [5, 5.41) is 56.0. The zero-order valence-corrected chi connectivity index (χ0v) is 77.9. The van der Waals surface area contributed by atoms with Crippen molar-refractivity contribution in [2.75, 3.05) is 78.8 Å². The maximum atomic E-state index is 13.6. The number of carbonyl (C=O) groups is 4. The van der Waals surface area contributed by atoms with E-state index in [0.29, 0.717) is 130 Å². The Hall–Kier alpha value is -13.2. The highest BCUT2D eigenvalue weighted by molar-refractivity contribution is 7.22. The molecule has 0 aliphatic carbocycles. The van der Waals surface area contributed by atoms with E-state index >= 15 is 0 Å². The Morgan fingerprint density at radius 2 is 0.600 bits per heavy atom. The van der Waals surface area contributed by atoms with Gasteiger partial charge in [0.25, 0.3) is 0 Å². The number of carbonyl (C=O) groups excluding carboxylic acids is 4. The third kappa shape index (κ3) is 26.2. The van der Waals surface area contributed by atoms with Gasteiger partial charge in [-0.2, -0.15) is 26.3 Å². The molecule has 32 heteroatoms. The molecule has 0 unspecified atom stereocenters. The highest BCUT2D eigenvalue weighted by Gasteiger charge is 2.37. The molecule has 0 saturated heterocycles. The van der Waals surface area contributed by atoms with Crippen molar-refractivity contribution in [3.8, 4) is 92.0 Å². The normalized spacial score (nSPS) is 11.3. The molecule has 0 spiro atoms. The molecule has 0 radical (unpaired) electrons. The van der Waals surface area contributed by atoms with Crippen LogP contribution in [0.2, 0.25) is 10.0 Å². The third-order valence-corrected chi connectivity index (χ3v) is 25.2. The second-order valence-electron chi connectivity index (χ2n) is 29.8. The molecular weight excluding hydrogens is 1860 g/mol. The number of ether oxygens (including phenoxy) is 8. The molecule has 698 valence electrons. The number of fused-ring (bicyclic) bond motifs is 4. The highest BCUT2D eigenvalue weighted by atomic mass is 35.5. The Morgan fingerprint density at radius 3 is 0.904 bits per heavy atom. The van der Waals surface area contributed by atoms with E-state index in [4.69, 9.17) is 61.1 Å². The van der Waals surface area contributed by atoms with Gasteiger partial charge in [-0.05, 0) is 263 Å². The molecule has 16 aromatic rings. The summed E-state index contributed by atoms with van der Waals surface area (Å²) in [6.45, 7) is 18.6. The van der Waals surface area contributed by atoms with Gasteiger partial charge in [-0.3, -0.25) is 19.2 Å². The third-order valence-electron chi connectivity index (χ3n) is 20.2. The van der Waals surface area contributed by atoms with E-state index in [-0.39, 0.29) is 61.4 Å². The number of hydrogen-bond acceptors (Lipinski definition) is 24. The van der Waals surface area contributed by atoms with Crippen molar-refractivity contribution < 1.29 is 104 Å². The minimum absolute atomic E-state index is 0.00765. The predicted octanol–water partition coefficient (Wildman–Crippen LogP) is 26.1. The van der Waals surface area contributed by atoms with Crippen molar-refractivity contribution in [3.63, 3.8) is 0 Å². The van der Waals surface area contributed by atoms with Crippen LogP contribution in [-0.4, -0.2) is 122 Å². The minimum atomic E-state index is -4.69. The van der Waals surface area contributed by atoms with Crippen molar-refractivity contribution >= 4 is 132 Å². The predicted molar refractivity (Wildman–Crippen MR) is 520 cm³/mol. The van der Waals surface area contributed by atoms with Crippen molar-refractivity contribution in [2.45, 2.75) is 47.0 Å². The molecule has 135 heavy (non-hydrogen) atoms. The zero-order chi connectivity index (χ0) is 95.9. The number of aromatic hydroxyl groups is 4. The van der Waals surface area contributed by atoms with Gasteiger partial charge in [0.05, 0.1) is 11.1 Å². The van der Waals surface area contributed by atoms with E-state index in [1.165, 1.54) is 59.1 Å². The lowest BCUT2D eigenvalue weighted by molar-refractivity contribution is -0.138. The van der Waals surface area contributed by atoms with Gasteiger partial charge in [-0.25, -0.2) is 0 Å². The molecular formula is C103H90Cl2F6N4O16S4. The van der Waals surface area contributed by atoms with Crippen LogP contribution in [0.25, 0.3) is 40.3 Å². The van der Waals surface area contributed by atoms with Crippen molar-refractivity contribution in [1.82, 2.24) is 21.3 Å². The zero-order valence-electron chi connectivity index (χ0n) is 73.2. The van der Waals surface area contributed by atoms with Crippen LogP contribution in [0, 0.1) is 6.92 Å². The molecule has 4 heterocycles. The lowest BCUT2D eigenvalue weighted by Crippen LogP contribution is -2.20. The first-order valence-electron chi connectivity index (χ1n) is 42.6. The molecule has 8 N–H and O–H groups in total. The molecule has 0 bridgehead atoms. The fraction of sp³-hybridized carbons (Fsp3) is 0.184. The van der Waals surface area contributed by atoms with Gasteiger partial charge in [0, 0.05) is 98.8 Å². The average Bonchev–Trinajstić information content (AvgIpc) is 1.64. The van der Waals surface area contributed by atoms with E-state index < -0.39 is 40.6 Å². The largest absolute Gasteiger partial charge is 0.508 e. The number of hydrogen-bond donors (Lipinski definition) is 8. The lowest BCUT2D eigenvalue weighted by Gasteiger charge is -2.13. The second kappa shape index (κ2) is 46.6. The number of alkyl halides is 6. The molecule has 16 rings (SSSR count). The van der Waals surface area contributed by atoms with Crippen LogP contribution >= 0.6 is 68.5 Å². The summed E-state index contributed by atoms with van der Waals surface area (Å²) in [6, 6.07) is 68.0. The topological polar surface area (TPSA) is 271 Å². The van der Waals surface area contributed by atoms with Gasteiger partial charge in [0.1, 0.15) is 115 Å². The van der Waals surface area contributed by atoms with Crippen molar-refractivity contribution in [3.05, 3.63) is 329 Å². The number of benzene rings is 12. The number of halogens is 8. The van der Waals surface area contributed by atoms with Crippen LogP contribution in [0.15, 0.2) is 261 Å². The Balaban J connectivity index is 0.000000153. The Kier molecular flexibility index (Phi) is 34.3. The number of phenols is 4. The first-order valence-corrected chi connectivity index (χ1v) is 46.6. The summed E-state index contributed by atoms with van der Waals surface area (Å²) >= 11 is 16.8. The Morgan fingerprint density at radius 1 is 0.319 bits per heavy atom. The smallest absolute Gasteiger partial charge is 0.417 e. The maximum absolute atomic E-state index is 13.6. The monoisotopic (exact) mass is 1950 g/mol. The van der Waals surface area contributed by atoms with E-state index in [0.717, 1.165) is 142 Å². The summed E-state index contributed by atoms with van der Waals surface area (Å²) in [5.41, 5.74) is -0.357. The molecule has 0 fully saturated rings. The van der Waals surface area contributed by atoms with E-state index in [1.54, 1.807) is 133 Å². The molecule has 0 amide bonds. The van der Waals surface area contributed by atoms with Crippen molar-refractivity contribution in [2.24, 2.45) is 0 Å². The number of phenolic OH excluding ortho intramolecular Hbond substituents is 4. The number of likely N-dealkylation sites (N-methyl/N-ethyl adjacent to an activating group) is 4. The number of thiophene rings is 4. The molecule has 20 nitrogen and oxygen atoms in total. The first-order chi connectivity index (χ1) is 65.0. The average molecular weight is 1950 g/mol. The summed E-state index contributed by atoms with van der Waals surface area (Å²) in [6.07, 6.45) is -9.18. The molecule has 4 aromatic heterocycles. The summed E-state index contributed by atoms with van der Waals surface area (Å²) in [7, 11) is 0. The summed E-state index contributed by atoms with van der Waals surface area (Å²) < 4.78 is 129. The SMILES string of the molecule is CCNCCOc1ccc(Oc2c(C(=O)c3cc(Cl)ccc3C)sc3cc(O)ccc23)cc1.CCNCCOc1ccc(Oc2c(C(=O)c3ccc(C(F)(F)F)cc3)sc3cc(O)ccc23)cc1.CCNCCOc1ccc(Oc2c(C(=O)c3ccc(Cl)cc3)sc3cc(O)ccc23)cc1.CCNCCOc1ccc(Oc2c(C(=O)c3ccccc3C(F)(F)F)sc3cc(O)ccc23)cc1. The number of ketones is 4. The Labute approximate surface area is 798 Å². The van der Waals surface area contributed by atoms with Crippen molar-refractivity contribution in [1.29, 1.82) is 0 Å². The van der Waals surface area contributed by atoms with Crippen LogP contribution in [-0.2, 0) is 12.4 Å². The lowest BCUT2D eigenvalue weighted by atomic mass is 10.0. The van der Waals surface area contributed by atoms with Crippen LogP contribution in [0.1, 0.15) is 105 Å². The van der Waals surface area contributed by atoms with E-state index in [9.17, 15) is 65.9 Å². The summed E-state index contributed by atoms with van der Waals surface area (Å²) in [4.78, 5) is 54.5. The number of nitrogens with one attached hydrogen (secondary N) is 4. The van der Waals surface area contributed by atoms with Crippen LogP contribution in [0.3, 0.4) is 0 Å². The van der Waals surface area contributed by atoms with Gasteiger partial charge in [0.15, 0.2) is 23.0 Å². The fourth-order valence-electron chi connectivity index (χ4n) is 13.5. The van der Waals surface area contributed by atoms with Crippen LogP contribution < -0.4 is 59.2 Å². The van der Waals surface area contributed by atoms with Crippen LogP contribution in [0.4, 0.5) is 26.3 Å². The van der Waals surface area contributed by atoms with Gasteiger partial charge in [0.2, 0.25) is 23.1 Å². The standard InChI is InChI=1S/C26H24ClNO4S.2C26H22F3NO4S.C25H22ClNO4S/c1-3-28-12-13-31-19-7-9-20(10-8-19)32-25-21-11-6-18(29)15-23(21)33-26(25)24(30)22-14-17(27)5-4-16(22)2;1-2-30-13-14-33-19-8-10-20(11-9-19)34-24-21-12-7-18(31)15-22(21)35-25(24)23(32)16-3-5-17(6-4-16)26(27,28)29;1-2-30-13-14-33-17-8-10-18(11-9-17)34-24-20-12-7-16(31)15-22(20)35-25(24)23(32)19-5-3-4-6-21(19)26(27,28)29;1-2-27-13-14-30-19-8-10-20(11-9-19)31-24-21-12-7-18(28)15-22(21)32-25(24)23(29)16-3-5-17(26)6-4-16/h4-11,14-15,28-29H,3,12-13H2,1-2H3;2*3-12,15,30-31H,2,13-14H2,1H3;3-12,15,27-28H,2,13-14H2,1H3. The number of rotatable bonds is 36. The van der Waals surface area contributed by atoms with Gasteiger partial charge >= 0.3 is 12.4 Å². The first kappa shape index (κ1) is 99.2. The van der Waals surface area contributed by atoms with Gasteiger partial charge in [-0.1, -0.05) is 87.3 Å². The summed E-state index contributed by atoms with van der Waals surface area (Å²) in [5.74, 6) is 4.76.